The Morgan fingerprint density at radius 1 is 1.16 bits per heavy atom. The number of halogens is 1. The van der Waals surface area contributed by atoms with Crippen LogP contribution in [0.4, 0.5) is 0 Å². The van der Waals surface area contributed by atoms with Gasteiger partial charge in [0.2, 0.25) is 5.91 Å². The number of benzene rings is 1. The third-order valence-corrected chi connectivity index (χ3v) is 5.81. The summed E-state index contributed by atoms with van der Waals surface area (Å²) < 4.78 is 0. The second kappa shape index (κ2) is 8.52. The number of carbonyl (C=O) groups excluding carboxylic acids is 1. The summed E-state index contributed by atoms with van der Waals surface area (Å²) in [6, 6.07) is 10.2. The van der Waals surface area contributed by atoms with Crippen LogP contribution in [0.15, 0.2) is 24.3 Å². The van der Waals surface area contributed by atoms with Crippen molar-refractivity contribution >= 4 is 18.3 Å². The van der Waals surface area contributed by atoms with Crippen LogP contribution in [-0.4, -0.2) is 54.5 Å². The van der Waals surface area contributed by atoms with Crippen molar-refractivity contribution in [3.63, 3.8) is 0 Å². The molecule has 1 amide bonds. The van der Waals surface area contributed by atoms with Crippen molar-refractivity contribution in [2.45, 2.75) is 50.6 Å². The Labute approximate surface area is 157 Å². The van der Waals surface area contributed by atoms with E-state index in [1.54, 1.807) is 0 Å². The lowest BCUT2D eigenvalue weighted by Crippen LogP contribution is -2.47. The molecule has 2 fully saturated rings. The highest BCUT2D eigenvalue weighted by Gasteiger charge is 2.36. The van der Waals surface area contributed by atoms with Crippen LogP contribution >= 0.6 is 12.4 Å². The van der Waals surface area contributed by atoms with Crippen molar-refractivity contribution in [3.8, 4) is 0 Å². The number of piperazine rings is 1. The van der Waals surface area contributed by atoms with Gasteiger partial charge in [-0.2, -0.15) is 0 Å². The predicted molar refractivity (Wildman–Crippen MR) is 103 cm³/mol. The minimum absolute atomic E-state index is 0. The number of amides is 1. The Morgan fingerprint density at radius 3 is 2.68 bits per heavy atom. The summed E-state index contributed by atoms with van der Waals surface area (Å²) in [5, 5.41) is 3.32. The number of aryl methyl sites for hydroxylation is 1. The fraction of sp³-hybridized carbons (Fsp3) is 0.650. The van der Waals surface area contributed by atoms with Gasteiger partial charge in [-0.15, -0.1) is 12.4 Å². The van der Waals surface area contributed by atoms with E-state index < -0.39 is 0 Å². The van der Waals surface area contributed by atoms with Crippen molar-refractivity contribution in [2.75, 3.05) is 32.7 Å². The predicted octanol–water partition coefficient (Wildman–Crippen LogP) is 2.77. The Kier molecular flexibility index (Phi) is 6.37. The SMILES string of the molecule is Cl.O=C(CCN(C1CC1)C1CCCc2ccccc21)N1CCNCC1. The average molecular weight is 364 g/mol. The zero-order valence-electron chi connectivity index (χ0n) is 15.0. The van der Waals surface area contributed by atoms with Crippen molar-refractivity contribution < 1.29 is 4.79 Å². The molecular weight excluding hydrogens is 334 g/mol. The topological polar surface area (TPSA) is 35.6 Å². The Morgan fingerprint density at radius 2 is 1.92 bits per heavy atom. The van der Waals surface area contributed by atoms with E-state index in [2.05, 4.69) is 34.5 Å². The van der Waals surface area contributed by atoms with E-state index in [0.29, 0.717) is 24.4 Å². The second-order valence-corrected chi connectivity index (χ2v) is 7.46. The van der Waals surface area contributed by atoms with Gasteiger partial charge in [0, 0.05) is 51.2 Å². The molecule has 1 saturated heterocycles. The Hall–Kier alpha value is -1.10. The fourth-order valence-electron chi connectivity index (χ4n) is 4.37. The van der Waals surface area contributed by atoms with E-state index in [4.69, 9.17) is 0 Å². The molecular formula is C20H30ClN3O. The molecule has 1 aliphatic heterocycles. The number of nitrogens with zero attached hydrogens (tertiary/aromatic N) is 2. The summed E-state index contributed by atoms with van der Waals surface area (Å²) >= 11 is 0. The van der Waals surface area contributed by atoms with Crippen LogP contribution in [0.25, 0.3) is 0 Å². The Balaban J connectivity index is 0.00000182. The molecule has 138 valence electrons. The molecule has 1 saturated carbocycles. The number of rotatable bonds is 5. The van der Waals surface area contributed by atoms with Gasteiger partial charge < -0.3 is 10.2 Å². The maximum absolute atomic E-state index is 12.5. The van der Waals surface area contributed by atoms with Crippen LogP contribution in [0.5, 0.6) is 0 Å². The van der Waals surface area contributed by atoms with E-state index in [1.807, 2.05) is 4.90 Å². The highest BCUT2D eigenvalue weighted by molar-refractivity contribution is 5.85. The molecule has 4 rings (SSSR count). The lowest BCUT2D eigenvalue weighted by Gasteiger charge is -2.36. The molecule has 0 aromatic heterocycles. The molecule has 1 aromatic carbocycles. The molecule has 0 radical (unpaired) electrons. The van der Waals surface area contributed by atoms with Gasteiger partial charge in [-0.05, 0) is 43.2 Å². The van der Waals surface area contributed by atoms with Crippen LogP contribution < -0.4 is 5.32 Å². The van der Waals surface area contributed by atoms with Gasteiger partial charge in [0.1, 0.15) is 0 Å². The first-order valence-electron chi connectivity index (χ1n) is 9.65. The van der Waals surface area contributed by atoms with Crippen LogP contribution in [0.2, 0.25) is 0 Å². The lowest BCUT2D eigenvalue weighted by molar-refractivity contribution is -0.132. The first kappa shape index (κ1) is 18.7. The summed E-state index contributed by atoms with van der Waals surface area (Å²) in [6.07, 6.45) is 7.02. The zero-order valence-corrected chi connectivity index (χ0v) is 15.8. The highest BCUT2D eigenvalue weighted by Crippen LogP contribution is 2.40. The molecule has 0 spiro atoms. The van der Waals surface area contributed by atoms with Gasteiger partial charge >= 0.3 is 0 Å². The molecule has 4 nitrogen and oxygen atoms in total. The lowest BCUT2D eigenvalue weighted by atomic mass is 9.86. The molecule has 3 aliphatic rings. The molecule has 25 heavy (non-hydrogen) atoms. The molecule has 1 unspecified atom stereocenters. The molecule has 1 aromatic rings. The number of nitrogens with one attached hydrogen (secondary N) is 1. The molecule has 0 bridgehead atoms. The van der Waals surface area contributed by atoms with E-state index in [1.165, 1.54) is 43.2 Å². The maximum Gasteiger partial charge on any atom is 0.223 e. The van der Waals surface area contributed by atoms with Gasteiger partial charge in [0.15, 0.2) is 0 Å². The minimum atomic E-state index is 0. The minimum Gasteiger partial charge on any atom is -0.340 e. The summed E-state index contributed by atoms with van der Waals surface area (Å²) in [7, 11) is 0. The first-order valence-corrected chi connectivity index (χ1v) is 9.65. The summed E-state index contributed by atoms with van der Waals surface area (Å²) in [5.74, 6) is 0.339. The molecule has 5 heteroatoms. The second-order valence-electron chi connectivity index (χ2n) is 7.46. The normalized spacial score (nSPS) is 23.1. The van der Waals surface area contributed by atoms with Crippen molar-refractivity contribution in [1.82, 2.24) is 15.1 Å². The van der Waals surface area contributed by atoms with Crippen LogP contribution in [0, 0.1) is 0 Å². The van der Waals surface area contributed by atoms with Gasteiger partial charge in [-0.3, -0.25) is 9.69 Å². The maximum atomic E-state index is 12.5. The number of carbonyl (C=O) groups is 1. The van der Waals surface area contributed by atoms with Gasteiger partial charge in [0.25, 0.3) is 0 Å². The van der Waals surface area contributed by atoms with Gasteiger partial charge in [-0.25, -0.2) is 0 Å². The van der Waals surface area contributed by atoms with Crippen molar-refractivity contribution in [2.24, 2.45) is 0 Å². The van der Waals surface area contributed by atoms with Crippen LogP contribution in [0.3, 0.4) is 0 Å². The zero-order chi connectivity index (χ0) is 16.4. The number of fused-ring (bicyclic) bond motifs is 1. The van der Waals surface area contributed by atoms with Crippen molar-refractivity contribution in [1.29, 1.82) is 0 Å². The molecule has 2 aliphatic carbocycles. The molecule has 1 heterocycles. The Bertz CT molecular complexity index is 584. The van der Waals surface area contributed by atoms with Gasteiger partial charge in [0.05, 0.1) is 0 Å². The van der Waals surface area contributed by atoms with Gasteiger partial charge in [-0.1, -0.05) is 24.3 Å². The fourth-order valence-corrected chi connectivity index (χ4v) is 4.37. The van der Waals surface area contributed by atoms with E-state index >= 15 is 0 Å². The van der Waals surface area contributed by atoms with Crippen LogP contribution in [-0.2, 0) is 11.2 Å². The van der Waals surface area contributed by atoms with E-state index in [9.17, 15) is 4.79 Å². The summed E-state index contributed by atoms with van der Waals surface area (Å²) in [6.45, 7) is 4.54. The van der Waals surface area contributed by atoms with Crippen molar-refractivity contribution in [3.05, 3.63) is 35.4 Å². The number of hydrogen-bond donors (Lipinski definition) is 1. The first-order chi connectivity index (χ1) is 11.8. The monoisotopic (exact) mass is 363 g/mol. The summed E-state index contributed by atoms with van der Waals surface area (Å²) in [4.78, 5) is 17.2. The quantitative estimate of drug-likeness (QED) is 0.873. The van der Waals surface area contributed by atoms with Crippen LogP contribution in [0.1, 0.15) is 49.3 Å². The largest absolute Gasteiger partial charge is 0.340 e. The number of hydrogen-bond acceptors (Lipinski definition) is 3. The molecule has 1 N–H and O–H groups in total. The van der Waals surface area contributed by atoms with E-state index in [-0.39, 0.29) is 12.4 Å². The standard InChI is InChI=1S/C20H29N3O.ClH/c24-20(22-14-11-21-12-15-22)10-13-23(17-8-9-17)19-7-3-5-16-4-1-2-6-18(16)19;/h1-2,4,6,17,19,21H,3,5,7-15H2;1H. The smallest absolute Gasteiger partial charge is 0.223 e. The molecule has 1 atom stereocenters. The third-order valence-electron chi connectivity index (χ3n) is 5.81. The summed E-state index contributed by atoms with van der Waals surface area (Å²) in [5.41, 5.74) is 3.04. The average Bonchev–Trinajstić information content (AvgIpc) is 3.48. The van der Waals surface area contributed by atoms with E-state index in [0.717, 1.165) is 32.7 Å². The highest BCUT2D eigenvalue weighted by atomic mass is 35.5. The third kappa shape index (κ3) is 4.36.